The molecule has 0 bridgehead atoms. The summed E-state index contributed by atoms with van der Waals surface area (Å²) in [5, 5.41) is 6.82. The van der Waals surface area contributed by atoms with Crippen molar-refractivity contribution in [3.63, 3.8) is 0 Å². The van der Waals surface area contributed by atoms with Crippen molar-refractivity contribution in [3.8, 4) is 0 Å². The molecule has 1 amide bonds. The van der Waals surface area contributed by atoms with Crippen molar-refractivity contribution in [1.82, 2.24) is 15.5 Å². The van der Waals surface area contributed by atoms with E-state index in [-0.39, 0.29) is 11.9 Å². The number of nitrogens with one attached hydrogen (secondary N) is 2. The first-order chi connectivity index (χ1) is 11.8. The largest absolute Gasteiger partial charge is 0.351 e. The molecule has 4 heteroatoms. The minimum absolute atomic E-state index is 0.0574. The highest BCUT2D eigenvalue weighted by atomic mass is 16.2. The average molecular weight is 327 g/mol. The number of nitrogens with zero attached hydrogens (tertiary/aromatic N) is 1. The molecule has 2 aliphatic heterocycles. The zero-order chi connectivity index (χ0) is 16.4. The second-order valence-corrected chi connectivity index (χ2v) is 7.81. The van der Waals surface area contributed by atoms with E-state index in [9.17, 15) is 4.79 Å². The van der Waals surface area contributed by atoms with Crippen molar-refractivity contribution in [2.24, 2.45) is 11.8 Å². The lowest BCUT2D eigenvalue weighted by Crippen LogP contribution is -2.52. The van der Waals surface area contributed by atoms with Crippen LogP contribution in [0.25, 0.3) is 0 Å². The van der Waals surface area contributed by atoms with Crippen LogP contribution in [-0.2, 0) is 11.3 Å². The number of carbonyl (C=O) groups is 1. The van der Waals surface area contributed by atoms with Crippen LogP contribution >= 0.6 is 0 Å². The second kappa shape index (κ2) is 7.24. The molecule has 1 aliphatic carbocycles. The predicted octanol–water partition coefficient (Wildman–Crippen LogP) is 2.16. The smallest absolute Gasteiger partial charge is 0.237 e. The van der Waals surface area contributed by atoms with Gasteiger partial charge in [0.2, 0.25) is 5.91 Å². The third-order valence-electron chi connectivity index (χ3n) is 6.13. The number of benzene rings is 1. The molecule has 3 aliphatic rings. The summed E-state index contributed by atoms with van der Waals surface area (Å²) in [5.41, 5.74) is 1.36. The normalized spacial score (nSPS) is 33.3. The number of fused-ring (bicyclic) bond motifs is 1. The highest BCUT2D eigenvalue weighted by Gasteiger charge is 2.42. The van der Waals surface area contributed by atoms with Gasteiger partial charge >= 0.3 is 0 Å². The van der Waals surface area contributed by atoms with E-state index in [1.54, 1.807) is 0 Å². The van der Waals surface area contributed by atoms with Gasteiger partial charge < -0.3 is 10.6 Å². The molecular weight excluding hydrogens is 298 g/mol. The Kier molecular flexibility index (Phi) is 4.86. The minimum atomic E-state index is 0.0574. The number of hydrogen-bond acceptors (Lipinski definition) is 3. The topological polar surface area (TPSA) is 44.4 Å². The molecule has 1 saturated carbocycles. The maximum atomic E-state index is 12.7. The number of amides is 1. The molecule has 2 saturated heterocycles. The Hall–Kier alpha value is -1.39. The SMILES string of the molecule is O=C(NC1CCCN(Cc2ccccc2)C1)C1NCC2CCCC21. The quantitative estimate of drug-likeness (QED) is 0.891. The number of hydrogen-bond donors (Lipinski definition) is 2. The van der Waals surface area contributed by atoms with Crippen molar-refractivity contribution >= 4 is 5.91 Å². The summed E-state index contributed by atoms with van der Waals surface area (Å²) in [6, 6.07) is 11.0. The van der Waals surface area contributed by atoms with Crippen molar-refractivity contribution < 1.29 is 4.79 Å². The molecule has 1 aromatic rings. The molecule has 130 valence electrons. The summed E-state index contributed by atoms with van der Waals surface area (Å²) in [7, 11) is 0. The monoisotopic (exact) mass is 327 g/mol. The van der Waals surface area contributed by atoms with E-state index in [1.165, 1.54) is 31.2 Å². The number of likely N-dealkylation sites (tertiary alicyclic amines) is 1. The van der Waals surface area contributed by atoms with Gasteiger partial charge in [-0.15, -0.1) is 0 Å². The highest BCUT2D eigenvalue weighted by Crippen LogP contribution is 2.37. The Bertz CT molecular complexity index is 561. The maximum absolute atomic E-state index is 12.7. The molecule has 0 spiro atoms. The van der Waals surface area contributed by atoms with Gasteiger partial charge in [0, 0.05) is 19.1 Å². The van der Waals surface area contributed by atoms with Gasteiger partial charge in [-0.1, -0.05) is 36.8 Å². The fourth-order valence-corrected chi connectivity index (χ4v) is 4.92. The second-order valence-electron chi connectivity index (χ2n) is 7.81. The Morgan fingerprint density at radius 1 is 1.17 bits per heavy atom. The van der Waals surface area contributed by atoms with E-state index in [0.29, 0.717) is 12.0 Å². The zero-order valence-electron chi connectivity index (χ0n) is 14.4. The van der Waals surface area contributed by atoms with Gasteiger partial charge in [-0.25, -0.2) is 0 Å². The molecule has 2 heterocycles. The van der Waals surface area contributed by atoms with Gasteiger partial charge in [0.1, 0.15) is 0 Å². The van der Waals surface area contributed by atoms with Crippen LogP contribution in [0.15, 0.2) is 30.3 Å². The van der Waals surface area contributed by atoms with Gasteiger partial charge in [0.05, 0.1) is 6.04 Å². The van der Waals surface area contributed by atoms with Gasteiger partial charge in [-0.2, -0.15) is 0 Å². The summed E-state index contributed by atoms with van der Waals surface area (Å²) < 4.78 is 0. The predicted molar refractivity (Wildman–Crippen MR) is 95.5 cm³/mol. The van der Waals surface area contributed by atoms with Crippen LogP contribution in [0.2, 0.25) is 0 Å². The maximum Gasteiger partial charge on any atom is 0.237 e. The molecule has 2 N–H and O–H groups in total. The van der Waals surface area contributed by atoms with Crippen LogP contribution in [-0.4, -0.2) is 42.5 Å². The number of piperidine rings is 1. The number of carbonyl (C=O) groups excluding carboxylic acids is 1. The van der Waals surface area contributed by atoms with Crippen LogP contribution in [0.1, 0.15) is 37.7 Å². The molecule has 4 nitrogen and oxygen atoms in total. The summed E-state index contributed by atoms with van der Waals surface area (Å²) in [6.07, 6.45) is 6.10. The van der Waals surface area contributed by atoms with Crippen LogP contribution in [0.5, 0.6) is 0 Å². The molecule has 1 aromatic carbocycles. The van der Waals surface area contributed by atoms with E-state index in [4.69, 9.17) is 0 Å². The first-order valence-electron chi connectivity index (χ1n) is 9.59. The fraction of sp³-hybridized carbons (Fsp3) is 0.650. The van der Waals surface area contributed by atoms with Crippen LogP contribution in [0, 0.1) is 11.8 Å². The third-order valence-corrected chi connectivity index (χ3v) is 6.13. The molecule has 3 fully saturated rings. The van der Waals surface area contributed by atoms with Crippen molar-refractivity contribution in [2.45, 2.75) is 50.7 Å². The zero-order valence-corrected chi connectivity index (χ0v) is 14.4. The standard InChI is InChI=1S/C20H29N3O/c24-20(19-18-10-4-8-16(18)12-21-19)22-17-9-5-11-23(14-17)13-15-6-2-1-3-7-15/h1-3,6-7,16-19,21H,4-5,8-14H2,(H,22,24). The van der Waals surface area contributed by atoms with Gasteiger partial charge in [-0.05, 0) is 56.2 Å². The molecule has 4 rings (SSSR count). The van der Waals surface area contributed by atoms with Crippen LogP contribution in [0.4, 0.5) is 0 Å². The Labute approximate surface area is 145 Å². The van der Waals surface area contributed by atoms with E-state index in [1.807, 2.05) is 0 Å². The minimum Gasteiger partial charge on any atom is -0.351 e. The van der Waals surface area contributed by atoms with Crippen molar-refractivity contribution in [3.05, 3.63) is 35.9 Å². The van der Waals surface area contributed by atoms with Crippen LogP contribution in [0.3, 0.4) is 0 Å². The van der Waals surface area contributed by atoms with E-state index < -0.39 is 0 Å². The van der Waals surface area contributed by atoms with Gasteiger partial charge in [0.15, 0.2) is 0 Å². The summed E-state index contributed by atoms with van der Waals surface area (Å²) in [5.74, 6) is 1.56. The van der Waals surface area contributed by atoms with Crippen molar-refractivity contribution in [1.29, 1.82) is 0 Å². The van der Waals surface area contributed by atoms with Crippen molar-refractivity contribution in [2.75, 3.05) is 19.6 Å². The average Bonchev–Trinajstić information content (AvgIpc) is 3.19. The van der Waals surface area contributed by atoms with Gasteiger partial charge in [0.25, 0.3) is 0 Å². The fourth-order valence-electron chi connectivity index (χ4n) is 4.92. The lowest BCUT2D eigenvalue weighted by molar-refractivity contribution is -0.124. The Morgan fingerprint density at radius 3 is 2.92 bits per heavy atom. The third kappa shape index (κ3) is 3.50. The first-order valence-corrected chi connectivity index (χ1v) is 9.59. The highest BCUT2D eigenvalue weighted by molar-refractivity contribution is 5.83. The van der Waals surface area contributed by atoms with Gasteiger partial charge in [-0.3, -0.25) is 9.69 Å². The molecule has 4 unspecified atom stereocenters. The number of rotatable bonds is 4. The molecule has 24 heavy (non-hydrogen) atoms. The molecule has 4 atom stereocenters. The van der Waals surface area contributed by atoms with E-state index in [0.717, 1.165) is 38.5 Å². The molecule has 0 aromatic heterocycles. The Balaban J connectivity index is 1.30. The summed E-state index contributed by atoms with van der Waals surface area (Å²) in [4.78, 5) is 15.2. The Morgan fingerprint density at radius 2 is 2.04 bits per heavy atom. The molecular formula is C20H29N3O. The van der Waals surface area contributed by atoms with Crippen LogP contribution < -0.4 is 10.6 Å². The van der Waals surface area contributed by atoms with E-state index in [2.05, 4.69) is 45.9 Å². The summed E-state index contributed by atoms with van der Waals surface area (Å²) in [6.45, 7) is 4.13. The lowest BCUT2D eigenvalue weighted by atomic mass is 9.93. The van der Waals surface area contributed by atoms with E-state index >= 15 is 0 Å². The molecule has 0 radical (unpaired) electrons. The lowest BCUT2D eigenvalue weighted by Gasteiger charge is -2.34. The summed E-state index contributed by atoms with van der Waals surface area (Å²) >= 11 is 0. The first kappa shape index (κ1) is 16.1.